The maximum atomic E-state index is 13.9. The zero-order valence-corrected chi connectivity index (χ0v) is 19.3. The van der Waals surface area contributed by atoms with Crippen LogP contribution in [0.5, 0.6) is 0 Å². The molecule has 0 saturated carbocycles. The van der Waals surface area contributed by atoms with Crippen molar-refractivity contribution >= 4 is 45.6 Å². The summed E-state index contributed by atoms with van der Waals surface area (Å²) in [5, 5.41) is 11.0. The molecule has 0 fully saturated rings. The lowest BCUT2D eigenvalue weighted by molar-refractivity contribution is 0.0528. The largest absolute Gasteiger partial charge is 0.462 e. The SMILES string of the molecule is CCOC(=O)c1cc(-c2ccccc2)sc1NC(=S)Nc1ncn(Cc2ccccc2F)n1. The molecule has 0 bridgehead atoms. The Balaban J connectivity index is 1.48. The number of ether oxygens (including phenoxy) is 1. The Morgan fingerprint density at radius 2 is 1.91 bits per heavy atom. The summed E-state index contributed by atoms with van der Waals surface area (Å²) in [4.78, 5) is 17.5. The molecule has 2 aromatic carbocycles. The fourth-order valence-corrected chi connectivity index (χ4v) is 4.37. The molecule has 0 spiro atoms. The Morgan fingerprint density at radius 1 is 1.15 bits per heavy atom. The van der Waals surface area contributed by atoms with Crippen LogP contribution in [0.15, 0.2) is 67.0 Å². The van der Waals surface area contributed by atoms with Gasteiger partial charge in [0.1, 0.15) is 17.1 Å². The third-order valence-corrected chi connectivity index (χ3v) is 5.87. The van der Waals surface area contributed by atoms with E-state index in [1.54, 1.807) is 31.2 Å². The van der Waals surface area contributed by atoms with Gasteiger partial charge in [0.25, 0.3) is 0 Å². The predicted molar refractivity (Wildman–Crippen MR) is 131 cm³/mol. The van der Waals surface area contributed by atoms with Gasteiger partial charge in [-0.2, -0.15) is 0 Å². The molecule has 0 aliphatic heterocycles. The van der Waals surface area contributed by atoms with Crippen molar-refractivity contribution in [1.82, 2.24) is 14.8 Å². The average Bonchev–Trinajstić information content (AvgIpc) is 3.43. The van der Waals surface area contributed by atoms with Gasteiger partial charge in [-0.25, -0.2) is 18.9 Å². The number of halogens is 1. The summed E-state index contributed by atoms with van der Waals surface area (Å²) in [6.45, 7) is 2.26. The molecule has 168 valence electrons. The van der Waals surface area contributed by atoms with Crippen LogP contribution in [0.1, 0.15) is 22.8 Å². The zero-order chi connectivity index (χ0) is 23.2. The molecule has 0 aliphatic rings. The second-order valence-corrected chi connectivity index (χ2v) is 8.34. The topological polar surface area (TPSA) is 81.1 Å². The van der Waals surface area contributed by atoms with Crippen LogP contribution in [0.3, 0.4) is 0 Å². The van der Waals surface area contributed by atoms with Crippen molar-refractivity contribution in [2.24, 2.45) is 0 Å². The van der Waals surface area contributed by atoms with Crippen molar-refractivity contribution in [2.45, 2.75) is 13.5 Å². The summed E-state index contributed by atoms with van der Waals surface area (Å²) in [6, 6.07) is 18.0. The fraction of sp³-hybridized carbons (Fsp3) is 0.130. The van der Waals surface area contributed by atoms with Crippen LogP contribution in [0.25, 0.3) is 10.4 Å². The van der Waals surface area contributed by atoms with E-state index in [0.717, 1.165) is 10.4 Å². The Kier molecular flexibility index (Phi) is 7.06. The molecule has 2 N–H and O–H groups in total. The maximum Gasteiger partial charge on any atom is 0.341 e. The van der Waals surface area contributed by atoms with Gasteiger partial charge in [0, 0.05) is 10.4 Å². The van der Waals surface area contributed by atoms with E-state index >= 15 is 0 Å². The summed E-state index contributed by atoms with van der Waals surface area (Å²) in [6.07, 6.45) is 1.49. The zero-order valence-electron chi connectivity index (χ0n) is 17.6. The number of benzene rings is 2. The monoisotopic (exact) mass is 481 g/mol. The first-order chi connectivity index (χ1) is 16.0. The first-order valence-electron chi connectivity index (χ1n) is 10.1. The molecule has 2 aromatic heterocycles. The van der Waals surface area contributed by atoms with Gasteiger partial charge < -0.3 is 10.1 Å². The molecule has 2 heterocycles. The molecule has 0 atom stereocenters. The third kappa shape index (κ3) is 5.60. The van der Waals surface area contributed by atoms with Crippen LogP contribution >= 0.6 is 23.6 Å². The molecular weight excluding hydrogens is 461 g/mol. The van der Waals surface area contributed by atoms with E-state index in [1.807, 2.05) is 30.3 Å². The van der Waals surface area contributed by atoms with Crippen molar-refractivity contribution in [1.29, 1.82) is 0 Å². The maximum absolute atomic E-state index is 13.9. The highest BCUT2D eigenvalue weighted by Crippen LogP contribution is 2.36. The normalized spacial score (nSPS) is 10.6. The lowest BCUT2D eigenvalue weighted by atomic mass is 10.1. The smallest absolute Gasteiger partial charge is 0.341 e. The van der Waals surface area contributed by atoms with Gasteiger partial charge in [0.15, 0.2) is 5.11 Å². The second-order valence-electron chi connectivity index (χ2n) is 6.88. The lowest BCUT2D eigenvalue weighted by Gasteiger charge is -2.08. The molecule has 0 unspecified atom stereocenters. The van der Waals surface area contributed by atoms with Gasteiger partial charge in [0.05, 0.1) is 18.7 Å². The molecule has 0 amide bonds. The summed E-state index contributed by atoms with van der Waals surface area (Å²) in [5.41, 5.74) is 1.87. The number of nitrogens with one attached hydrogen (secondary N) is 2. The summed E-state index contributed by atoms with van der Waals surface area (Å²) in [5.74, 6) is -0.493. The van der Waals surface area contributed by atoms with E-state index in [4.69, 9.17) is 17.0 Å². The van der Waals surface area contributed by atoms with Crippen molar-refractivity contribution in [2.75, 3.05) is 17.2 Å². The van der Waals surface area contributed by atoms with Crippen LogP contribution in [-0.2, 0) is 11.3 Å². The minimum Gasteiger partial charge on any atom is -0.462 e. The van der Waals surface area contributed by atoms with Crippen LogP contribution in [0.2, 0.25) is 0 Å². The molecule has 10 heteroatoms. The highest BCUT2D eigenvalue weighted by molar-refractivity contribution is 7.80. The Morgan fingerprint density at radius 3 is 2.67 bits per heavy atom. The van der Waals surface area contributed by atoms with Crippen molar-refractivity contribution in [3.8, 4) is 10.4 Å². The highest BCUT2D eigenvalue weighted by Gasteiger charge is 2.19. The minimum absolute atomic E-state index is 0.214. The molecule has 4 aromatic rings. The Bertz CT molecular complexity index is 1270. The van der Waals surface area contributed by atoms with Gasteiger partial charge in [-0.1, -0.05) is 48.5 Å². The molecule has 0 saturated heterocycles. The number of nitrogens with zero attached hydrogens (tertiary/aromatic N) is 3. The van der Waals surface area contributed by atoms with E-state index in [9.17, 15) is 9.18 Å². The fourth-order valence-electron chi connectivity index (χ4n) is 3.05. The minimum atomic E-state index is -0.437. The van der Waals surface area contributed by atoms with Crippen LogP contribution < -0.4 is 10.6 Å². The quantitative estimate of drug-likeness (QED) is 0.278. The van der Waals surface area contributed by atoms with E-state index in [1.165, 1.54) is 28.4 Å². The first-order valence-corrected chi connectivity index (χ1v) is 11.3. The molecule has 0 aliphatic carbocycles. The average molecular weight is 482 g/mol. The van der Waals surface area contributed by atoms with E-state index in [2.05, 4.69) is 20.7 Å². The summed E-state index contributed by atoms with van der Waals surface area (Å²) < 4.78 is 20.6. The number of esters is 1. The predicted octanol–water partition coefficient (Wildman–Crippen LogP) is 5.18. The van der Waals surface area contributed by atoms with Crippen LogP contribution in [0, 0.1) is 5.82 Å². The molecule has 7 nitrogen and oxygen atoms in total. The Labute approximate surface area is 199 Å². The molecule has 4 rings (SSSR count). The van der Waals surface area contributed by atoms with Gasteiger partial charge >= 0.3 is 5.97 Å². The van der Waals surface area contributed by atoms with E-state index in [0.29, 0.717) is 16.1 Å². The standard InChI is InChI=1S/C23H20FN5O2S2/c1-2-31-21(30)17-12-19(15-8-4-3-5-9-15)33-20(17)26-23(32)27-22-25-14-29(28-22)13-16-10-6-7-11-18(16)24/h3-12,14H,2,13H2,1H3,(H2,26,27,28,32). The van der Waals surface area contributed by atoms with Crippen molar-refractivity contribution < 1.29 is 13.9 Å². The van der Waals surface area contributed by atoms with Crippen LogP contribution in [0.4, 0.5) is 15.3 Å². The Hall–Kier alpha value is -3.63. The van der Waals surface area contributed by atoms with Crippen molar-refractivity contribution in [3.05, 3.63) is 83.9 Å². The number of carbonyl (C=O) groups is 1. The highest BCUT2D eigenvalue weighted by atomic mass is 32.1. The summed E-state index contributed by atoms with van der Waals surface area (Å²) >= 11 is 6.78. The van der Waals surface area contributed by atoms with Gasteiger partial charge in [-0.15, -0.1) is 16.4 Å². The number of thiocarbonyl (C=S) groups is 1. The van der Waals surface area contributed by atoms with Crippen molar-refractivity contribution in [3.63, 3.8) is 0 Å². The van der Waals surface area contributed by atoms with Gasteiger partial charge in [-0.3, -0.25) is 5.32 Å². The molecular formula is C23H20FN5O2S2. The van der Waals surface area contributed by atoms with Gasteiger partial charge in [0.2, 0.25) is 5.95 Å². The number of rotatable bonds is 7. The number of anilines is 2. The van der Waals surface area contributed by atoms with Crippen LogP contribution in [-0.4, -0.2) is 32.5 Å². The molecule has 33 heavy (non-hydrogen) atoms. The number of aromatic nitrogens is 3. The first kappa shape index (κ1) is 22.6. The third-order valence-electron chi connectivity index (χ3n) is 4.56. The van der Waals surface area contributed by atoms with E-state index in [-0.39, 0.29) is 30.0 Å². The number of hydrogen-bond donors (Lipinski definition) is 2. The van der Waals surface area contributed by atoms with Gasteiger partial charge in [-0.05, 0) is 36.8 Å². The lowest BCUT2D eigenvalue weighted by Crippen LogP contribution is -2.21. The number of carbonyl (C=O) groups excluding carboxylic acids is 1. The molecule has 0 radical (unpaired) electrons. The number of hydrogen-bond acceptors (Lipinski definition) is 6. The van der Waals surface area contributed by atoms with E-state index < -0.39 is 5.97 Å². The number of thiophene rings is 1. The second kappa shape index (κ2) is 10.3. The summed E-state index contributed by atoms with van der Waals surface area (Å²) in [7, 11) is 0.